The van der Waals surface area contributed by atoms with Crippen LogP contribution >= 0.6 is 0 Å². The molecule has 0 atom stereocenters. The predicted molar refractivity (Wildman–Crippen MR) is 108 cm³/mol. The van der Waals surface area contributed by atoms with Crippen LogP contribution in [0.25, 0.3) is 22.3 Å². The van der Waals surface area contributed by atoms with E-state index in [1.165, 1.54) is 18.5 Å². The van der Waals surface area contributed by atoms with Crippen molar-refractivity contribution in [1.82, 2.24) is 15.2 Å². The number of hydrogen-bond donors (Lipinski definition) is 1. The maximum absolute atomic E-state index is 6.14. The summed E-state index contributed by atoms with van der Waals surface area (Å²) in [5, 5.41) is 8.76. The van der Waals surface area contributed by atoms with Gasteiger partial charge in [0.1, 0.15) is 17.0 Å². The van der Waals surface area contributed by atoms with Gasteiger partial charge in [-0.2, -0.15) is 5.10 Å². The number of anilines is 1. The second-order valence-corrected chi connectivity index (χ2v) is 8.40. The third kappa shape index (κ3) is 3.27. The largest absolute Gasteiger partial charge is 0.488 e. The molecule has 2 fully saturated rings. The fourth-order valence-electron chi connectivity index (χ4n) is 3.83. The molecule has 5 heteroatoms. The number of hydrogen-bond acceptors (Lipinski definition) is 4. The predicted octanol–water partition coefficient (Wildman–Crippen LogP) is 4.79. The van der Waals surface area contributed by atoms with Crippen LogP contribution in [0.2, 0.25) is 0 Å². The van der Waals surface area contributed by atoms with Gasteiger partial charge in [-0.1, -0.05) is 6.92 Å². The van der Waals surface area contributed by atoms with Crippen molar-refractivity contribution in [2.24, 2.45) is 5.92 Å². The van der Waals surface area contributed by atoms with Crippen LogP contribution in [0.4, 0.5) is 5.69 Å². The first kappa shape index (κ1) is 16.6. The van der Waals surface area contributed by atoms with E-state index in [-0.39, 0.29) is 5.60 Å². The second kappa shape index (κ2) is 6.25. The lowest BCUT2D eigenvalue weighted by molar-refractivity contribution is 0.200. The number of benzene rings is 1. The number of H-pyrrole nitrogens is 1. The summed E-state index contributed by atoms with van der Waals surface area (Å²) in [6.07, 6.45) is 6.66. The Kier molecular flexibility index (Phi) is 3.85. The number of aromatic amines is 1. The molecule has 2 aromatic heterocycles. The SMILES string of the molecule is CC1CCN(c2ccnc(-c3n[nH]c4ccc(OC5(C)CC5)cc34)c2)CC1. The molecule has 1 aromatic carbocycles. The van der Waals surface area contributed by atoms with Crippen molar-refractivity contribution in [3.63, 3.8) is 0 Å². The summed E-state index contributed by atoms with van der Waals surface area (Å²) in [6, 6.07) is 10.4. The maximum atomic E-state index is 6.14. The van der Waals surface area contributed by atoms with E-state index in [1.807, 2.05) is 18.3 Å². The van der Waals surface area contributed by atoms with Crippen LogP contribution in [0, 0.1) is 5.92 Å². The van der Waals surface area contributed by atoms with E-state index in [0.29, 0.717) is 0 Å². The average molecular weight is 362 g/mol. The van der Waals surface area contributed by atoms with Crippen molar-refractivity contribution >= 4 is 16.6 Å². The maximum Gasteiger partial charge on any atom is 0.120 e. The van der Waals surface area contributed by atoms with E-state index in [2.05, 4.69) is 52.1 Å². The van der Waals surface area contributed by atoms with Crippen LogP contribution in [0.15, 0.2) is 36.5 Å². The zero-order chi connectivity index (χ0) is 18.4. The molecule has 0 unspecified atom stereocenters. The van der Waals surface area contributed by atoms with Gasteiger partial charge in [-0.15, -0.1) is 0 Å². The monoisotopic (exact) mass is 362 g/mol. The van der Waals surface area contributed by atoms with Crippen molar-refractivity contribution in [3.05, 3.63) is 36.5 Å². The number of aromatic nitrogens is 3. The second-order valence-electron chi connectivity index (χ2n) is 8.40. The quantitative estimate of drug-likeness (QED) is 0.725. The van der Waals surface area contributed by atoms with Gasteiger partial charge < -0.3 is 9.64 Å². The van der Waals surface area contributed by atoms with Gasteiger partial charge in [0.25, 0.3) is 0 Å². The van der Waals surface area contributed by atoms with Gasteiger partial charge in [-0.25, -0.2) is 0 Å². The van der Waals surface area contributed by atoms with Gasteiger partial charge >= 0.3 is 0 Å². The highest BCUT2D eigenvalue weighted by molar-refractivity contribution is 5.93. The molecule has 0 radical (unpaired) electrons. The molecule has 1 saturated carbocycles. The molecule has 0 spiro atoms. The third-order valence-electron chi connectivity index (χ3n) is 5.99. The highest BCUT2D eigenvalue weighted by atomic mass is 16.5. The van der Waals surface area contributed by atoms with Gasteiger partial charge in [0, 0.05) is 30.4 Å². The van der Waals surface area contributed by atoms with E-state index >= 15 is 0 Å². The zero-order valence-electron chi connectivity index (χ0n) is 16.0. The molecular formula is C22H26N4O. The zero-order valence-corrected chi connectivity index (χ0v) is 16.0. The standard InChI is InChI=1S/C22H26N4O/c1-15-6-11-26(12-7-15)16-5-10-23-20(13-16)21-18-14-17(27-22(2)8-9-22)3-4-19(18)24-25-21/h3-5,10,13-15H,6-9,11-12H2,1-2H3,(H,24,25). The normalized spacial score (nSPS) is 19.4. The van der Waals surface area contributed by atoms with Gasteiger partial charge in [0.2, 0.25) is 0 Å². The average Bonchev–Trinajstić information content (AvgIpc) is 3.25. The summed E-state index contributed by atoms with van der Waals surface area (Å²) in [5.41, 5.74) is 4.07. The first-order chi connectivity index (χ1) is 13.1. The van der Waals surface area contributed by atoms with Crippen LogP contribution in [0.5, 0.6) is 5.75 Å². The van der Waals surface area contributed by atoms with Crippen LogP contribution in [0.1, 0.15) is 39.5 Å². The molecular weight excluding hydrogens is 336 g/mol. The highest BCUT2D eigenvalue weighted by Crippen LogP contribution is 2.40. The van der Waals surface area contributed by atoms with Crippen LogP contribution in [0.3, 0.4) is 0 Å². The number of piperidine rings is 1. The van der Waals surface area contributed by atoms with Crippen LogP contribution in [-0.2, 0) is 0 Å². The Labute approximate surface area is 159 Å². The third-order valence-corrected chi connectivity index (χ3v) is 5.99. The number of fused-ring (bicyclic) bond motifs is 1. The minimum Gasteiger partial charge on any atom is -0.488 e. The number of nitrogens with zero attached hydrogens (tertiary/aromatic N) is 3. The summed E-state index contributed by atoms with van der Waals surface area (Å²) in [7, 11) is 0. The number of rotatable bonds is 4. The van der Waals surface area contributed by atoms with Gasteiger partial charge in [0.05, 0.1) is 11.2 Å². The minimum atomic E-state index is 0.0150. The molecule has 3 heterocycles. The van der Waals surface area contributed by atoms with Crippen LogP contribution in [-0.4, -0.2) is 33.9 Å². The fourth-order valence-corrected chi connectivity index (χ4v) is 3.83. The van der Waals surface area contributed by atoms with Crippen molar-refractivity contribution in [3.8, 4) is 17.1 Å². The van der Waals surface area contributed by atoms with Crippen LogP contribution < -0.4 is 9.64 Å². The van der Waals surface area contributed by atoms with Crippen molar-refractivity contribution in [2.45, 2.75) is 45.1 Å². The van der Waals surface area contributed by atoms with E-state index in [9.17, 15) is 0 Å². The molecule has 1 aliphatic carbocycles. The van der Waals surface area contributed by atoms with Crippen molar-refractivity contribution in [1.29, 1.82) is 0 Å². The molecule has 1 N–H and O–H groups in total. The molecule has 1 saturated heterocycles. The van der Waals surface area contributed by atoms with Crippen molar-refractivity contribution < 1.29 is 4.74 Å². The van der Waals surface area contributed by atoms with Crippen molar-refractivity contribution in [2.75, 3.05) is 18.0 Å². The number of nitrogens with one attached hydrogen (secondary N) is 1. The molecule has 5 nitrogen and oxygen atoms in total. The molecule has 1 aliphatic heterocycles. The van der Waals surface area contributed by atoms with E-state index < -0.39 is 0 Å². The lowest BCUT2D eigenvalue weighted by atomic mass is 9.99. The Hall–Kier alpha value is -2.56. The van der Waals surface area contributed by atoms with E-state index in [4.69, 9.17) is 4.74 Å². The molecule has 140 valence electrons. The fraction of sp³-hybridized carbons (Fsp3) is 0.455. The lowest BCUT2D eigenvalue weighted by Crippen LogP contribution is -2.32. The summed E-state index contributed by atoms with van der Waals surface area (Å²) < 4.78 is 6.14. The first-order valence-electron chi connectivity index (χ1n) is 9.98. The summed E-state index contributed by atoms with van der Waals surface area (Å²) >= 11 is 0. The smallest absolute Gasteiger partial charge is 0.120 e. The van der Waals surface area contributed by atoms with E-state index in [1.54, 1.807) is 0 Å². The Morgan fingerprint density at radius 3 is 2.74 bits per heavy atom. The van der Waals surface area contributed by atoms with Gasteiger partial charge in [-0.05, 0) is 68.9 Å². The number of pyridine rings is 1. The molecule has 3 aromatic rings. The lowest BCUT2D eigenvalue weighted by Gasteiger charge is -2.32. The Bertz CT molecular complexity index is 967. The Balaban J connectivity index is 1.47. The topological polar surface area (TPSA) is 54.0 Å². The highest BCUT2D eigenvalue weighted by Gasteiger charge is 2.40. The molecule has 2 aliphatic rings. The molecule has 0 amide bonds. The van der Waals surface area contributed by atoms with Gasteiger partial charge in [0.15, 0.2) is 0 Å². The number of ether oxygens (including phenoxy) is 1. The van der Waals surface area contributed by atoms with Gasteiger partial charge in [-0.3, -0.25) is 10.1 Å². The Morgan fingerprint density at radius 1 is 1.15 bits per heavy atom. The molecule has 0 bridgehead atoms. The minimum absolute atomic E-state index is 0.0150. The first-order valence-corrected chi connectivity index (χ1v) is 9.98. The Morgan fingerprint density at radius 2 is 1.96 bits per heavy atom. The van der Waals surface area contributed by atoms with E-state index in [0.717, 1.165) is 59.9 Å². The molecule has 27 heavy (non-hydrogen) atoms. The summed E-state index contributed by atoms with van der Waals surface area (Å²) in [5.74, 6) is 1.73. The molecule has 5 rings (SSSR count). The summed E-state index contributed by atoms with van der Waals surface area (Å²) in [4.78, 5) is 7.07. The summed E-state index contributed by atoms with van der Waals surface area (Å²) in [6.45, 7) is 6.73.